The third-order valence-corrected chi connectivity index (χ3v) is 6.65. The lowest BCUT2D eigenvalue weighted by molar-refractivity contribution is 0.0261. The fraction of sp³-hybridized carbons (Fsp3) is 0.545. The van der Waals surface area contributed by atoms with E-state index >= 15 is 0 Å². The van der Waals surface area contributed by atoms with Gasteiger partial charge in [-0.05, 0) is 38.9 Å². The van der Waals surface area contributed by atoms with Gasteiger partial charge in [0.1, 0.15) is 35.3 Å². The minimum absolute atomic E-state index is 0.0886. The van der Waals surface area contributed by atoms with Gasteiger partial charge in [0.25, 0.3) is 0 Å². The number of fused-ring (bicyclic) bond motifs is 1. The van der Waals surface area contributed by atoms with Gasteiger partial charge < -0.3 is 24.4 Å². The molecule has 32 heavy (non-hydrogen) atoms. The Kier molecular flexibility index (Phi) is 6.61. The van der Waals surface area contributed by atoms with Crippen molar-refractivity contribution in [1.82, 2.24) is 25.1 Å². The normalized spacial score (nSPS) is 18.7. The van der Waals surface area contributed by atoms with Gasteiger partial charge in [0.15, 0.2) is 0 Å². The molecule has 0 radical (unpaired) electrons. The molecule has 9 nitrogen and oxygen atoms in total. The van der Waals surface area contributed by atoms with E-state index in [4.69, 9.17) is 14.2 Å². The average molecular weight is 457 g/mol. The third kappa shape index (κ3) is 5.08. The Balaban J connectivity index is 1.43. The molecule has 2 saturated heterocycles. The molecule has 1 N–H and O–H groups in total. The minimum atomic E-state index is 0.0886. The number of nitrogens with one attached hydrogen (secondary N) is 1. The molecule has 0 amide bonds. The molecule has 170 valence electrons. The van der Waals surface area contributed by atoms with Gasteiger partial charge in [0.2, 0.25) is 5.13 Å². The number of ether oxygens (including phenoxy) is 3. The molecule has 0 spiro atoms. The molecular formula is C22H28N6O3S. The van der Waals surface area contributed by atoms with Crippen LogP contribution in [-0.4, -0.2) is 71.1 Å². The number of rotatable bonds is 7. The lowest BCUT2D eigenvalue weighted by atomic mass is 9.98. The summed E-state index contributed by atoms with van der Waals surface area (Å²) in [4.78, 5) is 11.3. The molecule has 3 aromatic rings. The van der Waals surface area contributed by atoms with Gasteiger partial charge in [0.05, 0.1) is 30.7 Å². The Hall–Kier alpha value is -2.56. The first kappa shape index (κ1) is 21.3. The molecule has 0 atom stereocenters. The Morgan fingerprint density at radius 1 is 1.16 bits per heavy atom. The number of piperidine rings is 1. The van der Waals surface area contributed by atoms with Gasteiger partial charge in [-0.2, -0.15) is 0 Å². The van der Waals surface area contributed by atoms with Gasteiger partial charge >= 0.3 is 0 Å². The van der Waals surface area contributed by atoms with E-state index in [-0.39, 0.29) is 6.10 Å². The van der Waals surface area contributed by atoms with Crippen molar-refractivity contribution >= 4 is 33.2 Å². The second-order valence-corrected chi connectivity index (χ2v) is 9.23. The Morgan fingerprint density at radius 3 is 2.78 bits per heavy atom. The van der Waals surface area contributed by atoms with Crippen molar-refractivity contribution in [3.63, 3.8) is 0 Å². The summed E-state index contributed by atoms with van der Waals surface area (Å²) >= 11 is 1.42. The van der Waals surface area contributed by atoms with Crippen molar-refractivity contribution in [2.45, 2.75) is 31.8 Å². The van der Waals surface area contributed by atoms with Crippen LogP contribution in [0.2, 0.25) is 0 Å². The van der Waals surface area contributed by atoms with Crippen LogP contribution in [0.5, 0.6) is 11.5 Å². The molecule has 10 heteroatoms. The monoisotopic (exact) mass is 456 g/mol. The molecule has 1 aromatic carbocycles. The Morgan fingerprint density at radius 2 is 2.00 bits per heavy atom. The summed E-state index contributed by atoms with van der Waals surface area (Å²) < 4.78 is 18.2. The van der Waals surface area contributed by atoms with Crippen molar-refractivity contribution in [2.24, 2.45) is 5.92 Å². The van der Waals surface area contributed by atoms with Gasteiger partial charge in [-0.1, -0.05) is 11.3 Å². The second kappa shape index (κ2) is 9.93. The van der Waals surface area contributed by atoms with Crippen LogP contribution in [0.25, 0.3) is 10.9 Å². The lowest BCUT2D eigenvalue weighted by Crippen LogP contribution is -2.32. The number of hydrogen-bond donors (Lipinski definition) is 1. The maximum absolute atomic E-state index is 6.46. The van der Waals surface area contributed by atoms with E-state index in [1.54, 1.807) is 11.8 Å². The maximum atomic E-state index is 6.46. The number of nitrogens with zero attached hydrogens (tertiary/aromatic N) is 5. The summed E-state index contributed by atoms with van der Waals surface area (Å²) in [6.07, 6.45) is 5.67. The lowest BCUT2D eigenvalue weighted by Gasteiger charge is -2.29. The Bertz CT molecular complexity index is 1020. The van der Waals surface area contributed by atoms with Crippen LogP contribution >= 0.6 is 11.3 Å². The molecule has 4 heterocycles. The zero-order chi connectivity index (χ0) is 21.8. The molecule has 2 aliphatic heterocycles. The fourth-order valence-electron chi connectivity index (χ4n) is 4.15. The van der Waals surface area contributed by atoms with Gasteiger partial charge in [-0.3, -0.25) is 0 Å². The van der Waals surface area contributed by atoms with Crippen LogP contribution in [0.3, 0.4) is 0 Å². The highest BCUT2D eigenvalue weighted by Gasteiger charge is 2.21. The number of benzene rings is 1. The van der Waals surface area contributed by atoms with E-state index in [0.29, 0.717) is 36.7 Å². The minimum Gasteiger partial charge on any atom is -0.493 e. The SMILES string of the molecule is CN1CCC(COc2cc(OC3CCOCC3)c3c(Nc4nncs4)ncnc3c2)CC1. The maximum Gasteiger partial charge on any atom is 0.211 e. The van der Waals surface area contributed by atoms with E-state index in [1.165, 1.54) is 11.3 Å². The predicted octanol–water partition coefficient (Wildman–Crippen LogP) is 3.50. The molecule has 5 rings (SSSR count). The number of aromatic nitrogens is 4. The number of likely N-dealkylation sites (tertiary alicyclic amines) is 1. The molecule has 0 saturated carbocycles. The molecule has 0 unspecified atom stereocenters. The highest BCUT2D eigenvalue weighted by molar-refractivity contribution is 7.13. The molecule has 0 bridgehead atoms. The van der Waals surface area contributed by atoms with Gasteiger partial charge in [-0.15, -0.1) is 10.2 Å². The number of hydrogen-bond acceptors (Lipinski definition) is 10. The van der Waals surface area contributed by atoms with E-state index in [2.05, 4.69) is 37.4 Å². The zero-order valence-corrected chi connectivity index (χ0v) is 19.0. The van der Waals surface area contributed by atoms with Crippen LogP contribution in [0.1, 0.15) is 25.7 Å². The summed E-state index contributed by atoms with van der Waals surface area (Å²) in [5, 5.41) is 12.7. The topological polar surface area (TPSA) is 94.5 Å². The van der Waals surface area contributed by atoms with Crippen LogP contribution in [0.15, 0.2) is 24.0 Å². The van der Waals surface area contributed by atoms with Gasteiger partial charge in [-0.25, -0.2) is 9.97 Å². The van der Waals surface area contributed by atoms with Crippen molar-refractivity contribution in [3.05, 3.63) is 24.0 Å². The highest BCUT2D eigenvalue weighted by Crippen LogP contribution is 2.37. The van der Waals surface area contributed by atoms with E-state index in [1.807, 2.05) is 12.1 Å². The van der Waals surface area contributed by atoms with E-state index < -0.39 is 0 Å². The molecule has 2 aromatic heterocycles. The summed E-state index contributed by atoms with van der Waals surface area (Å²) in [5.74, 6) is 2.72. The van der Waals surface area contributed by atoms with Crippen LogP contribution in [-0.2, 0) is 4.74 Å². The zero-order valence-electron chi connectivity index (χ0n) is 18.2. The quantitative estimate of drug-likeness (QED) is 0.573. The van der Waals surface area contributed by atoms with Crippen LogP contribution < -0.4 is 14.8 Å². The average Bonchev–Trinajstić information content (AvgIpc) is 3.32. The van der Waals surface area contributed by atoms with E-state index in [9.17, 15) is 0 Å². The smallest absolute Gasteiger partial charge is 0.211 e. The molecule has 2 aliphatic rings. The van der Waals surface area contributed by atoms with Crippen molar-refractivity contribution < 1.29 is 14.2 Å². The summed E-state index contributed by atoms with van der Waals surface area (Å²) in [6.45, 7) is 4.37. The molecular weight excluding hydrogens is 428 g/mol. The van der Waals surface area contributed by atoms with Crippen LogP contribution in [0.4, 0.5) is 10.9 Å². The van der Waals surface area contributed by atoms with Crippen LogP contribution in [0, 0.1) is 5.92 Å². The second-order valence-electron chi connectivity index (χ2n) is 8.39. The predicted molar refractivity (Wildman–Crippen MR) is 123 cm³/mol. The summed E-state index contributed by atoms with van der Waals surface area (Å²) in [5.41, 5.74) is 2.45. The third-order valence-electron chi connectivity index (χ3n) is 6.05. The highest BCUT2D eigenvalue weighted by atomic mass is 32.1. The molecule has 2 fully saturated rings. The first-order valence-electron chi connectivity index (χ1n) is 11.1. The molecule has 0 aliphatic carbocycles. The first-order chi connectivity index (χ1) is 15.7. The summed E-state index contributed by atoms with van der Waals surface area (Å²) in [7, 11) is 2.17. The van der Waals surface area contributed by atoms with Crippen molar-refractivity contribution in [1.29, 1.82) is 0 Å². The largest absolute Gasteiger partial charge is 0.493 e. The van der Waals surface area contributed by atoms with Gasteiger partial charge in [0, 0.05) is 25.0 Å². The van der Waals surface area contributed by atoms with Crippen molar-refractivity contribution in [3.8, 4) is 11.5 Å². The standard InChI is InChI=1S/C22H28N6O3S/c1-28-6-2-15(3-7-28)12-30-17-10-18-20(19(11-17)31-16-4-8-29-9-5-16)21(24-13-23-18)26-22-27-25-14-32-22/h10-11,13-16H,2-9,12H2,1H3,(H,23,24,26,27). The summed E-state index contributed by atoms with van der Waals surface area (Å²) in [6, 6.07) is 3.94. The van der Waals surface area contributed by atoms with E-state index in [0.717, 1.165) is 61.2 Å². The fourth-order valence-corrected chi connectivity index (χ4v) is 4.59. The Labute approximate surface area is 191 Å². The van der Waals surface area contributed by atoms with Crippen molar-refractivity contribution in [2.75, 3.05) is 45.3 Å². The number of anilines is 2. The first-order valence-corrected chi connectivity index (χ1v) is 12.0.